The summed E-state index contributed by atoms with van der Waals surface area (Å²) < 4.78 is 0. The zero-order valence-electron chi connectivity index (χ0n) is 14.6. The zero-order chi connectivity index (χ0) is 20.4. The first kappa shape index (κ1) is 19.8. The maximum atomic E-state index is 12.6. The van der Waals surface area contributed by atoms with Crippen LogP contribution in [0.3, 0.4) is 0 Å². The predicted octanol–water partition coefficient (Wildman–Crippen LogP) is 0.780. The van der Waals surface area contributed by atoms with Gasteiger partial charge in [0.05, 0.1) is 5.75 Å². The van der Waals surface area contributed by atoms with Crippen molar-refractivity contribution in [1.29, 1.82) is 0 Å². The molecule has 2 aromatic heterocycles. The number of carbonyl (C=O) groups is 3. The highest BCUT2D eigenvalue weighted by molar-refractivity contribution is 8.06. The normalized spacial score (nSPS) is 20.8. The van der Waals surface area contributed by atoms with Crippen LogP contribution < -0.4 is 5.32 Å². The molecule has 29 heavy (non-hydrogen) atoms. The van der Waals surface area contributed by atoms with E-state index in [9.17, 15) is 19.5 Å². The third-order valence-corrected chi connectivity index (χ3v) is 7.54. The lowest BCUT2D eigenvalue weighted by molar-refractivity contribution is -0.150. The van der Waals surface area contributed by atoms with Crippen LogP contribution in [0.1, 0.15) is 0 Å². The molecule has 4 rings (SSSR count). The minimum atomic E-state index is -1.19. The molecule has 0 spiro atoms. The summed E-state index contributed by atoms with van der Waals surface area (Å²) in [5, 5.41) is 19.9. The fourth-order valence-corrected chi connectivity index (χ4v) is 5.87. The van der Waals surface area contributed by atoms with Crippen LogP contribution in [0, 0.1) is 0 Å². The second-order valence-corrected chi connectivity index (χ2v) is 9.14. The zero-order valence-corrected chi connectivity index (χ0v) is 17.1. The molecule has 2 atom stereocenters. The molecule has 0 aliphatic carbocycles. The molecule has 4 heterocycles. The van der Waals surface area contributed by atoms with Gasteiger partial charge >= 0.3 is 5.97 Å². The van der Waals surface area contributed by atoms with Crippen molar-refractivity contribution in [1.82, 2.24) is 30.4 Å². The number of amides is 2. The molecule has 10 nitrogen and oxygen atoms in total. The van der Waals surface area contributed by atoms with Crippen molar-refractivity contribution < 1.29 is 19.5 Å². The van der Waals surface area contributed by atoms with Crippen LogP contribution in [0.15, 0.2) is 51.5 Å². The average molecular weight is 451 g/mol. The molecule has 0 bridgehead atoms. The Morgan fingerprint density at radius 3 is 2.86 bits per heavy atom. The molecule has 0 unspecified atom stereocenters. The Morgan fingerprint density at radius 2 is 2.17 bits per heavy atom. The quantitative estimate of drug-likeness (QED) is 0.409. The highest BCUT2D eigenvalue weighted by Crippen LogP contribution is 2.44. The molecule has 2 aliphatic rings. The van der Waals surface area contributed by atoms with Crippen LogP contribution in [0.25, 0.3) is 0 Å². The number of hydrogen-bond acceptors (Lipinski definition) is 9. The summed E-state index contributed by atoms with van der Waals surface area (Å²) >= 11 is 3.87. The molecule has 1 fully saturated rings. The number of pyridine rings is 1. The molecule has 0 aromatic carbocycles. The lowest BCUT2D eigenvalue weighted by atomic mass is 10.1. The molecule has 3 N–H and O–H groups in total. The van der Waals surface area contributed by atoms with E-state index in [0.29, 0.717) is 15.8 Å². The first-order valence-electron chi connectivity index (χ1n) is 8.32. The van der Waals surface area contributed by atoms with Crippen molar-refractivity contribution in [3.63, 3.8) is 0 Å². The number of H-pyrrole nitrogens is 1. The number of hydrogen-bond donors (Lipinski definition) is 3. The summed E-state index contributed by atoms with van der Waals surface area (Å²) in [5.74, 6) is -1.37. The molecule has 2 amide bonds. The number of carboxylic acid groups (broad SMARTS) is 1. The maximum Gasteiger partial charge on any atom is 0.353 e. The number of β-lactam (4-membered cyclic amide) rings is 1. The van der Waals surface area contributed by atoms with Crippen molar-refractivity contribution in [2.75, 3.05) is 11.5 Å². The minimum Gasteiger partial charge on any atom is -0.477 e. The average Bonchev–Trinajstić information content (AvgIpc) is 3.23. The number of rotatable bonds is 7. The number of carbonyl (C=O) groups excluding carboxylic acids is 2. The maximum absolute atomic E-state index is 12.6. The van der Waals surface area contributed by atoms with Gasteiger partial charge in [0.25, 0.3) is 5.91 Å². The first-order chi connectivity index (χ1) is 14.0. The molecule has 2 aromatic rings. The van der Waals surface area contributed by atoms with Crippen molar-refractivity contribution in [2.45, 2.75) is 21.5 Å². The Morgan fingerprint density at radius 1 is 1.38 bits per heavy atom. The summed E-state index contributed by atoms with van der Waals surface area (Å²) in [6.07, 6.45) is 4.67. The summed E-state index contributed by atoms with van der Waals surface area (Å²) in [4.78, 5) is 46.0. The van der Waals surface area contributed by atoms with Gasteiger partial charge in [-0.1, -0.05) is 11.8 Å². The van der Waals surface area contributed by atoms with Crippen molar-refractivity contribution in [2.24, 2.45) is 0 Å². The summed E-state index contributed by atoms with van der Waals surface area (Å²) in [5.41, 5.74) is -0.0724. The van der Waals surface area contributed by atoms with E-state index in [1.165, 1.54) is 34.8 Å². The van der Waals surface area contributed by atoms with Crippen LogP contribution in [-0.2, 0) is 14.4 Å². The van der Waals surface area contributed by atoms with Crippen molar-refractivity contribution >= 4 is 53.1 Å². The molecule has 150 valence electrons. The fraction of sp³-hybridized carbons (Fsp3) is 0.250. The van der Waals surface area contributed by atoms with E-state index >= 15 is 0 Å². The van der Waals surface area contributed by atoms with Crippen LogP contribution >= 0.6 is 35.3 Å². The summed E-state index contributed by atoms with van der Waals surface area (Å²) in [6.45, 7) is 0. The second kappa shape index (κ2) is 8.47. The largest absolute Gasteiger partial charge is 0.477 e. The predicted molar refractivity (Wildman–Crippen MR) is 107 cm³/mol. The monoisotopic (exact) mass is 450 g/mol. The molecular formula is C16H14N6O4S3. The molecule has 0 radical (unpaired) electrons. The van der Waals surface area contributed by atoms with Gasteiger partial charge in [0.15, 0.2) is 5.16 Å². The Bertz CT molecular complexity index is 968. The van der Waals surface area contributed by atoms with E-state index in [0.717, 1.165) is 16.7 Å². The van der Waals surface area contributed by atoms with Gasteiger partial charge in [-0.3, -0.25) is 19.5 Å². The Hall–Kier alpha value is -2.51. The van der Waals surface area contributed by atoms with Gasteiger partial charge in [-0.2, -0.15) is 0 Å². The van der Waals surface area contributed by atoms with Gasteiger partial charge in [-0.05, 0) is 12.1 Å². The number of nitrogens with zero attached hydrogens (tertiary/aromatic N) is 4. The number of nitrogens with one attached hydrogen (secondary N) is 2. The summed E-state index contributed by atoms with van der Waals surface area (Å²) in [7, 11) is 0. The van der Waals surface area contributed by atoms with E-state index in [-0.39, 0.29) is 17.4 Å². The molecule has 13 heteroatoms. The van der Waals surface area contributed by atoms with Crippen molar-refractivity contribution in [3.05, 3.63) is 41.5 Å². The number of aliphatic carboxylic acids is 1. The second-order valence-electron chi connectivity index (χ2n) is 5.90. The lowest BCUT2D eigenvalue weighted by Gasteiger charge is -2.49. The van der Waals surface area contributed by atoms with Crippen LogP contribution in [0.2, 0.25) is 0 Å². The number of aromatic amines is 1. The van der Waals surface area contributed by atoms with Crippen molar-refractivity contribution in [3.8, 4) is 0 Å². The topological polar surface area (TPSA) is 141 Å². The lowest BCUT2D eigenvalue weighted by Crippen LogP contribution is -2.70. The van der Waals surface area contributed by atoms with Gasteiger partial charge in [0.1, 0.15) is 23.4 Å². The standard InChI is InChI=1S/C16H14N6O4S3/c23-10(6-27-8-1-3-17-4-2-8)20-11-13(24)22-12(15(25)26)9(5-28-14(11)22)29-16-18-7-19-21-16/h1-4,7,11,14H,5-6H2,(H,20,23)(H,25,26)(H,18,19,21)/t11-,14+/m1/s1. The number of aromatic nitrogens is 4. The third kappa shape index (κ3) is 4.11. The summed E-state index contributed by atoms with van der Waals surface area (Å²) in [6, 6.07) is 2.85. The number of fused-ring (bicyclic) bond motifs is 1. The molecular weight excluding hydrogens is 436 g/mol. The van der Waals surface area contributed by atoms with Crippen LogP contribution in [0.5, 0.6) is 0 Å². The van der Waals surface area contributed by atoms with Gasteiger partial charge in [0, 0.05) is 27.9 Å². The highest BCUT2D eigenvalue weighted by Gasteiger charge is 2.54. The minimum absolute atomic E-state index is 0.0724. The third-order valence-electron chi connectivity index (χ3n) is 4.09. The Labute approximate surface area is 177 Å². The van der Waals surface area contributed by atoms with Crippen LogP contribution in [0.4, 0.5) is 0 Å². The van der Waals surface area contributed by atoms with Gasteiger partial charge in [-0.15, -0.1) is 33.7 Å². The fourth-order valence-electron chi connectivity index (χ4n) is 2.83. The number of thioether (sulfide) groups is 3. The molecule has 0 saturated carbocycles. The smallest absolute Gasteiger partial charge is 0.353 e. The van der Waals surface area contributed by atoms with E-state index < -0.39 is 23.3 Å². The molecule has 1 saturated heterocycles. The van der Waals surface area contributed by atoms with E-state index in [4.69, 9.17) is 0 Å². The molecule has 2 aliphatic heterocycles. The van der Waals surface area contributed by atoms with Gasteiger partial charge in [-0.25, -0.2) is 4.79 Å². The SMILES string of the molecule is O=C(CSc1ccncc1)N[C@@H]1C(=O)N2C(C(=O)O)=C(Sc3nnc[nH]3)CS[C@@H]12. The Balaban J connectivity index is 1.41. The Kier molecular flexibility index (Phi) is 5.78. The van der Waals surface area contributed by atoms with E-state index in [1.54, 1.807) is 24.5 Å². The first-order valence-corrected chi connectivity index (χ1v) is 11.2. The van der Waals surface area contributed by atoms with Crippen LogP contribution in [-0.4, -0.2) is 70.9 Å². The highest BCUT2D eigenvalue weighted by atomic mass is 32.2. The van der Waals surface area contributed by atoms with Gasteiger partial charge in [0.2, 0.25) is 5.91 Å². The van der Waals surface area contributed by atoms with Gasteiger partial charge < -0.3 is 15.4 Å². The van der Waals surface area contributed by atoms with E-state index in [1.807, 2.05) is 0 Å². The van der Waals surface area contributed by atoms with E-state index in [2.05, 4.69) is 25.5 Å². The number of carboxylic acids is 1.